The van der Waals surface area contributed by atoms with Crippen molar-refractivity contribution >= 4 is 17.5 Å². The van der Waals surface area contributed by atoms with Crippen LogP contribution in [0.5, 0.6) is 0 Å². The maximum absolute atomic E-state index is 12.3. The van der Waals surface area contributed by atoms with Crippen molar-refractivity contribution < 1.29 is 14.3 Å². The van der Waals surface area contributed by atoms with Gasteiger partial charge in [0.1, 0.15) is 6.10 Å². The van der Waals surface area contributed by atoms with Crippen molar-refractivity contribution in [3.8, 4) is 0 Å². The first-order valence-electron chi connectivity index (χ1n) is 9.04. The van der Waals surface area contributed by atoms with Crippen LogP contribution in [0.2, 0.25) is 0 Å². The van der Waals surface area contributed by atoms with Crippen LogP contribution in [0.15, 0.2) is 18.2 Å². The van der Waals surface area contributed by atoms with E-state index in [1.807, 2.05) is 4.90 Å². The number of piperazine rings is 1. The first-order chi connectivity index (χ1) is 12.1. The molecule has 1 N–H and O–H groups in total. The second-order valence-electron chi connectivity index (χ2n) is 6.81. The van der Waals surface area contributed by atoms with Crippen molar-refractivity contribution in [3.63, 3.8) is 0 Å². The monoisotopic (exact) mass is 345 g/mol. The Morgan fingerprint density at radius 3 is 2.64 bits per heavy atom. The molecule has 25 heavy (non-hydrogen) atoms. The number of nitrogens with zero attached hydrogens (tertiary/aromatic N) is 2. The van der Waals surface area contributed by atoms with Gasteiger partial charge in [-0.15, -0.1) is 0 Å². The lowest BCUT2D eigenvalue weighted by molar-refractivity contribution is -0.136. The average Bonchev–Trinajstić information content (AvgIpc) is 3.17. The number of benzene rings is 1. The van der Waals surface area contributed by atoms with Gasteiger partial charge in [-0.25, -0.2) is 0 Å². The second-order valence-corrected chi connectivity index (χ2v) is 6.81. The fourth-order valence-electron chi connectivity index (χ4n) is 3.45. The standard InChI is InChI=1S/C19H27N3O3/c1-14-5-3-6-16(15(14)2)21-8-10-22(11-9-21)18(23)13-20-19(24)17-7-4-12-25-17/h3,5-6,17H,4,7-13H2,1-2H3,(H,20,24). The predicted octanol–water partition coefficient (Wildman–Crippen LogP) is 1.25. The first kappa shape index (κ1) is 17.7. The van der Waals surface area contributed by atoms with E-state index < -0.39 is 0 Å². The van der Waals surface area contributed by atoms with Crippen molar-refractivity contribution in [1.82, 2.24) is 10.2 Å². The Morgan fingerprint density at radius 1 is 1.20 bits per heavy atom. The summed E-state index contributed by atoms with van der Waals surface area (Å²) in [7, 11) is 0. The zero-order valence-electron chi connectivity index (χ0n) is 15.1. The molecule has 2 aliphatic heterocycles. The van der Waals surface area contributed by atoms with Crippen molar-refractivity contribution in [2.45, 2.75) is 32.8 Å². The summed E-state index contributed by atoms with van der Waals surface area (Å²) in [5, 5.41) is 2.71. The van der Waals surface area contributed by atoms with Gasteiger partial charge in [0.2, 0.25) is 11.8 Å². The molecule has 2 aliphatic rings. The van der Waals surface area contributed by atoms with Crippen molar-refractivity contribution in [2.24, 2.45) is 0 Å². The van der Waals surface area contributed by atoms with Gasteiger partial charge in [-0.05, 0) is 43.9 Å². The number of rotatable bonds is 4. The summed E-state index contributed by atoms with van der Waals surface area (Å²) < 4.78 is 5.33. The number of hydrogen-bond acceptors (Lipinski definition) is 4. The van der Waals surface area contributed by atoms with Crippen LogP contribution in [0.4, 0.5) is 5.69 Å². The molecule has 2 amide bonds. The summed E-state index contributed by atoms with van der Waals surface area (Å²) >= 11 is 0. The minimum Gasteiger partial charge on any atom is -0.368 e. The third kappa shape index (κ3) is 4.12. The number of carbonyl (C=O) groups excluding carboxylic acids is 2. The number of hydrogen-bond donors (Lipinski definition) is 1. The lowest BCUT2D eigenvalue weighted by Gasteiger charge is -2.37. The molecule has 0 bridgehead atoms. The summed E-state index contributed by atoms with van der Waals surface area (Å²) in [4.78, 5) is 28.4. The summed E-state index contributed by atoms with van der Waals surface area (Å²) in [6.45, 7) is 7.95. The fourth-order valence-corrected chi connectivity index (χ4v) is 3.45. The third-order valence-electron chi connectivity index (χ3n) is 5.19. The lowest BCUT2D eigenvalue weighted by atomic mass is 10.1. The Bertz CT molecular complexity index is 633. The third-order valence-corrected chi connectivity index (χ3v) is 5.19. The van der Waals surface area contributed by atoms with E-state index in [0.29, 0.717) is 19.7 Å². The quantitative estimate of drug-likeness (QED) is 0.892. The summed E-state index contributed by atoms with van der Waals surface area (Å²) in [5.41, 5.74) is 3.83. The van der Waals surface area contributed by atoms with Gasteiger partial charge < -0.3 is 19.9 Å². The molecule has 3 rings (SSSR count). The van der Waals surface area contributed by atoms with Crippen LogP contribution < -0.4 is 10.2 Å². The Balaban J connectivity index is 1.47. The molecule has 6 nitrogen and oxygen atoms in total. The molecule has 0 aromatic heterocycles. The Morgan fingerprint density at radius 2 is 1.96 bits per heavy atom. The summed E-state index contributed by atoms with van der Waals surface area (Å²) in [6, 6.07) is 6.34. The molecule has 6 heteroatoms. The number of ether oxygens (including phenoxy) is 1. The Labute approximate surface area is 149 Å². The van der Waals surface area contributed by atoms with Gasteiger partial charge in [0.05, 0.1) is 6.54 Å². The summed E-state index contributed by atoms with van der Waals surface area (Å²) in [6.07, 6.45) is 1.27. The first-order valence-corrected chi connectivity index (χ1v) is 9.04. The maximum atomic E-state index is 12.3. The highest BCUT2D eigenvalue weighted by atomic mass is 16.5. The molecular formula is C19H27N3O3. The van der Waals surface area contributed by atoms with E-state index in [2.05, 4.69) is 42.3 Å². The van der Waals surface area contributed by atoms with E-state index >= 15 is 0 Å². The van der Waals surface area contributed by atoms with Crippen LogP contribution in [-0.4, -0.2) is 62.1 Å². The number of anilines is 1. The van der Waals surface area contributed by atoms with Gasteiger partial charge in [-0.1, -0.05) is 12.1 Å². The molecular weight excluding hydrogens is 318 g/mol. The van der Waals surface area contributed by atoms with Gasteiger partial charge in [0.15, 0.2) is 0 Å². The average molecular weight is 345 g/mol. The Kier molecular flexibility index (Phi) is 5.58. The van der Waals surface area contributed by atoms with Crippen LogP contribution in [0.1, 0.15) is 24.0 Å². The Hall–Kier alpha value is -2.08. The van der Waals surface area contributed by atoms with Gasteiger partial charge >= 0.3 is 0 Å². The molecule has 2 fully saturated rings. The van der Waals surface area contributed by atoms with Crippen LogP contribution in [-0.2, 0) is 14.3 Å². The fraction of sp³-hybridized carbons (Fsp3) is 0.579. The number of aryl methyl sites for hydroxylation is 1. The molecule has 0 aliphatic carbocycles. The van der Waals surface area contributed by atoms with Gasteiger partial charge in [-0.3, -0.25) is 9.59 Å². The van der Waals surface area contributed by atoms with Crippen LogP contribution in [0, 0.1) is 13.8 Å². The molecule has 136 valence electrons. The lowest BCUT2D eigenvalue weighted by Crippen LogP contribution is -2.52. The molecule has 0 spiro atoms. The van der Waals surface area contributed by atoms with Crippen LogP contribution in [0.25, 0.3) is 0 Å². The molecule has 1 unspecified atom stereocenters. The smallest absolute Gasteiger partial charge is 0.249 e. The highest BCUT2D eigenvalue weighted by Gasteiger charge is 2.26. The molecule has 0 radical (unpaired) electrons. The summed E-state index contributed by atoms with van der Waals surface area (Å²) in [5.74, 6) is -0.188. The zero-order valence-corrected chi connectivity index (χ0v) is 15.1. The second kappa shape index (κ2) is 7.87. The number of carbonyl (C=O) groups is 2. The number of nitrogens with one attached hydrogen (secondary N) is 1. The molecule has 2 saturated heterocycles. The highest BCUT2D eigenvalue weighted by molar-refractivity contribution is 5.87. The van der Waals surface area contributed by atoms with Crippen LogP contribution in [0.3, 0.4) is 0 Å². The van der Waals surface area contributed by atoms with E-state index in [4.69, 9.17) is 4.74 Å². The van der Waals surface area contributed by atoms with Crippen molar-refractivity contribution in [2.75, 3.05) is 44.2 Å². The van der Waals surface area contributed by atoms with Crippen molar-refractivity contribution in [3.05, 3.63) is 29.3 Å². The topological polar surface area (TPSA) is 61.9 Å². The normalized spacial score (nSPS) is 20.6. The molecule has 1 aromatic rings. The molecule has 2 heterocycles. The molecule has 1 aromatic carbocycles. The highest BCUT2D eigenvalue weighted by Crippen LogP contribution is 2.23. The zero-order chi connectivity index (χ0) is 17.8. The van der Waals surface area contributed by atoms with E-state index in [9.17, 15) is 9.59 Å². The van der Waals surface area contributed by atoms with E-state index in [1.54, 1.807) is 0 Å². The van der Waals surface area contributed by atoms with E-state index in [0.717, 1.165) is 25.9 Å². The minimum atomic E-state index is -0.381. The molecule has 1 atom stereocenters. The van der Waals surface area contributed by atoms with E-state index in [1.165, 1.54) is 16.8 Å². The van der Waals surface area contributed by atoms with Crippen molar-refractivity contribution in [1.29, 1.82) is 0 Å². The van der Waals surface area contributed by atoms with Gasteiger partial charge in [-0.2, -0.15) is 0 Å². The number of amides is 2. The SMILES string of the molecule is Cc1cccc(N2CCN(C(=O)CNC(=O)C3CCCO3)CC2)c1C. The van der Waals surface area contributed by atoms with Crippen LogP contribution >= 0.6 is 0 Å². The minimum absolute atomic E-state index is 0.0213. The molecule has 0 saturated carbocycles. The van der Waals surface area contributed by atoms with Gasteiger partial charge in [0, 0.05) is 38.5 Å². The largest absolute Gasteiger partial charge is 0.368 e. The maximum Gasteiger partial charge on any atom is 0.249 e. The van der Waals surface area contributed by atoms with Gasteiger partial charge in [0.25, 0.3) is 0 Å². The predicted molar refractivity (Wildman–Crippen MR) is 96.7 cm³/mol. The van der Waals surface area contributed by atoms with E-state index in [-0.39, 0.29) is 24.5 Å².